The van der Waals surface area contributed by atoms with Crippen LogP contribution in [-0.2, 0) is 14.3 Å². The summed E-state index contributed by atoms with van der Waals surface area (Å²) in [6.45, 7) is 4.53. The Kier molecular flexibility index (Phi) is 8.01. The van der Waals surface area contributed by atoms with E-state index in [0.717, 1.165) is 0 Å². The van der Waals surface area contributed by atoms with Crippen molar-refractivity contribution in [3.05, 3.63) is 42.5 Å². The number of azo groups is 1. The van der Waals surface area contributed by atoms with Crippen LogP contribution in [0.4, 0.5) is 22.1 Å². The van der Waals surface area contributed by atoms with E-state index in [9.17, 15) is 14.4 Å². The van der Waals surface area contributed by atoms with Crippen molar-refractivity contribution < 1.29 is 23.9 Å². The van der Waals surface area contributed by atoms with Gasteiger partial charge in [0.15, 0.2) is 12.4 Å². The topological polar surface area (TPSA) is 157 Å². The maximum Gasteiger partial charge on any atom is 0.408 e. The van der Waals surface area contributed by atoms with Crippen molar-refractivity contribution in [2.24, 2.45) is 10.2 Å². The van der Waals surface area contributed by atoms with Gasteiger partial charge in [0.05, 0.1) is 0 Å². The lowest BCUT2D eigenvalue weighted by Crippen LogP contribution is -2.37. The van der Waals surface area contributed by atoms with Gasteiger partial charge < -0.3 is 25.8 Å². The highest BCUT2D eigenvalue weighted by Crippen LogP contribution is 2.22. The number of anilines is 2. The van der Waals surface area contributed by atoms with E-state index in [1.54, 1.807) is 51.1 Å². The number of rotatable bonds is 7. The maximum atomic E-state index is 11.9. The summed E-state index contributed by atoms with van der Waals surface area (Å²) in [5.41, 5.74) is 5.36. The largest absolute Gasteiger partial charge is 0.444 e. The number of hydrogen-bond acceptors (Lipinski definition) is 9. The Balaban J connectivity index is 1.82. The van der Waals surface area contributed by atoms with Crippen LogP contribution < -0.4 is 21.1 Å². The first-order valence-corrected chi connectivity index (χ1v) is 9.29. The Morgan fingerprint density at radius 3 is 2.45 bits per heavy atom. The molecule has 1 aromatic heterocycles. The summed E-state index contributed by atoms with van der Waals surface area (Å²) in [4.78, 5) is 39.2. The lowest BCUT2D eigenvalue weighted by Gasteiger charge is -2.19. The van der Waals surface area contributed by atoms with Crippen molar-refractivity contribution in [3.8, 4) is 5.75 Å². The molecule has 11 nitrogen and oxygen atoms in total. The van der Waals surface area contributed by atoms with Gasteiger partial charge in [0.1, 0.15) is 29.4 Å². The van der Waals surface area contributed by atoms with Gasteiger partial charge in [-0.15, -0.1) is 0 Å². The number of carbonyl (C=O) groups is 3. The van der Waals surface area contributed by atoms with Gasteiger partial charge in [-0.2, -0.15) is 10.2 Å². The summed E-state index contributed by atoms with van der Waals surface area (Å²) < 4.78 is 10.1. The van der Waals surface area contributed by atoms with E-state index in [2.05, 4.69) is 25.8 Å². The number of nitrogens with one attached hydrogen (secondary N) is 2. The van der Waals surface area contributed by atoms with Crippen LogP contribution in [-0.4, -0.2) is 41.6 Å². The molecule has 31 heavy (non-hydrogen) atoms. The average Bonchev–Trinajstić information content (AvgIpc) is 2.67. The molecule has 0 saturated heterocycles. The van der Waals surface area contributed by atoms with Gasteiger partial charge >= 0.3 is 12.1 Å². The number of nitrogen functional groups attached to an aromatic ring is 1. The number of para-hydroxylation sites is 1. The second-order valence-electron chi connectivity index (χ2n) is 7.19. The summed E-state index contributed by atoms with van der Waals surface area (Å²) in [5.74, 6) is -0.530. The molecule has 0 atom stereocenters. The number of amides is 2. The number of benzene rings is 1. The second-order valence-corrected chi connectivity index (χ2v) is 7.19. The summed E-state index contributed by atoms with van der Waals surface area (Å²) in [6.07, 6.45) is -0.711. The molecule has 0 unspecified atom stereocenters. The van der Waals surface area contributed by atoms with Gasteiger partial charge in [-0.3, -0.25) is 4.79 Å². The predicted molar refractivity (Wildman–Crippen MR) is 113 cm³/mol. The number of carbonyl (C=O) groups excluding carboxylic acids is 3. The average molecular weight is 428 g/mol. The highest BCUT2D eigenvalue weighted by atomic mass is 16.6. The van der Waals surface area contributed by atoms with Gasteiger partial charge in [0.25, 0.3) is 0 Å². The summed E-state index contributed by atoms with van der Waals surface area (Å²) in [7, 11) is 0. The van der Waals surface area contributed by atoms with Crippen LogP contribution in [0.2, 0.25) is 0 Å². The Morgan fingerprint density at radius 2 is 1.81 bits per heavy atom. The normalized spacial score (nSPS) is 11.1. The fourth-order valence-corrected chi connectivity index (χ4v) is 2.10. The molecule has 0 aliphatic rings. The highest BCUT2D eigenvalue weighted by Gasteiger charge is 2.16. The molecule has 2 aromatic rings. The third-order valence-electron chi connectivity index (χ3n) is 3.32. The summed E-state index contributed by atoms with van der Waals surface area (Å²) in [5, 5.41) is 12.4. The molecule has 1 heterocycles. The van der Waals surface area contributed by atoms with Crippen LogP contribution in [0.1, 0.15) is 20.8 Å². The molecule has 2 rings (SSSR count). The minimum Gasteiger partial charge on any atom is -0.444 e. The van der Waals surface area contributed by atoms with Crippen molar-refractivity contribution in [2.75, 3.05) is 24.1 Å². The Hall–Kier alpha value is -4.02. The third-order valence-corrected chi connectivity index (χ3v) is 3.32. The van der Waals surface area contributed by atoms with Crippen molar-refractivity contribution in [1.82, 2.24) is 10.3 Å². The van der Waals surface area contributed by atoms with Gasteiger partial charge in [-0.1, -0.05) is 18.2 Å². The number of aromatic nitrogens is 1. The maximum absolute atomic E-state index is 11.9. The van der Waals surface area contributed by atoms with Crippen molar-refractivity contribution >= 4 is 35.3 Å². The van der Waals surface area contributed by atoms with Crippen LogP contribution in [0.15, 0.2) is 52.7 Å². The third kappa shape index (κ3) is 8.90. The fraction of sp³-hybridized carbons (Fsp3) is 0.300. The first-order valence-electron chi connectivity index (χ1n) is 9.29. The van der Waals surface area contributed by atoms with Gasteiger partial charge in [0, 0.05) is 0 Å². The number of nitrogens with two attached hydrogens (primary N) is 1. The molecule has 0 aliphatic carbocycles. The van der Waals surface area contributed by atoms with E-state index in [1.807, 2.05) is 0 Å². The molecule has 0 saturated carbocycles. The molecule has 2 amide bonds. The van der Waals surface area contributed by atoms with Crippen LogP contribution in [0.3, 0.4) is 0 Å². The molecular formula is C20H24N6O5. The first kappa shape index (κ1) is 23.3. The van der Waals surface area contributed by atoms with E-state index in [0.29, 0.717) is 5.75 Å². The number of hydrogen-bond donors (Lipinski definition) is 3. The van der Waals surface area contributed by atoms with Crippen molar-refractivity contribution in [2.45, 2.75) is 26.4 Å². The SMILES string of the molecule is CC(C)(C)OC(=O)NCC(=O)Nc1ccc(N=NCC(=O)Oc2ccccc2)c(N)n1. The second kappa shape index (κ2) is 10.7. The monoisotopic (exact) mass is 428 g/mol. The number of ether oxygens (including phenoxy) is 2. The molecule has 1 aromatic carbocycles. The van der Waals surface area contributed by atoms with E-state index < -0.39 is 23.6 Å². The molecular weight excluding hydrogens is 404 g/mol. The summed E-state index contributed by atoms with van der Waals surface area (Å²) >= 11 is 0. The molecule has 0 fully saturated rings. The minimum absolute atomic E-state index is 0.00178. The quantitative estimate of drug-likeness (QED) is 0.347. The van der Waals surface area contributed by atoms with Gasteiger partial charge in [0.2, 0.25) is 5.91 Å². The molecule has 4 N–H and O–H groups in total. The van der Waals surface area contributed by atoms with Crippen LogP contribution in [0.5, 0.6) is 5.75 Å². The smallest absolute Gasteiger partial charge is 0.408 e. The molecule has 164 valence electrons. The first-order chi connectivity index (χ1) is 14.6. The van der Waals surface area contributed by atoms with Gasteiger partial charge in [-0.05, 0) is 45.0 Å². The Bertz CT molecular complexity index is 956. The Morgan fingerprint density at radius 1 is 1.10 bits per heavy atom. The predicted octanol–water partition coefficient (Wildman–Crippen LogP) is 2.82. The van der Waals surface area contributed by atoms with E-state index >= 15 is 0 Å². The van der Waals surface area contributed by atoms with Crippen LogP contribution >= 0.6 is 0 Å². The lowest BCUT2D eigenvalue weighted by molar-refractivity contribution is -0.132. The molecule has 0 bridgehead atoms. The van der Waals surface area contributed by atoms with E-state index in [4.69, 9.17) is 15.2 Å². The van der Waals surface area contributed by atoms with Gasteiger partial charge in [-0.25, -0.2) is 14.6 Å². The zero-order valence-electron chi connectivity index (χ0n) is 17.4. The zero-order valence-corrected chi connectivity index (χ0v) is 17.4. The fourth-order valence-electron chi connectivity index (χ4n) is 2.10. The summed E-state index contributed by atoms with van der Waals surface area (Å²) in [6, 6.07) is 11.5. The molecule has 0 radical (unpaired) electrons. The Labute approximate surface area is 179 Å². The standard InChI is InChI=1S/C20H24N6O5/c1-20(2,3)31-19(29)22-11-16(27)24-15-10-9-14(18(21)25-15)26-23-12-17(28)30-13-7-5-4-6-8-13/h4-10H,11-12H2,1-3H3,(H,22,29)(H3,21,24,25,27). The molecule has 11 heteroatoms. The van der Waals surface area contributed by atoms with Crippen molar-refractivity contribution in [1.29, 1.82) is 0 Å². The highest BCUT2D eigenvalue weighted by molar-refractivity contribution is 5.93. The van der Waals surface area contributed by atoms with E-state index in [-0.39, 0.29) is 30.4 Å². The zero-order chi connectivity index (χ0) is 22.9. The number of pyridine rings is 1. The van der Waals surface area contributed by atoms with E-state index in [1.165, 1.54) is 12.1 Å². The minimum atomic E-state index is -0.711. The number of nitrogens with zero attached hydrogens (tertiary/aromatic N) is 3. The number of alkyl carbamates (subject to hydrolysis) is 1. The molecule has 0 spiro atoms. The number of esters is 1. The molecule has 0 aliphatic heterocycles. The van der Waals surface area contributed by atoms with Crippen molar-refractivity contribution in [3.63, 3.8) is 0 Å². The van der Waals surface area contributed by atoms with Crippen LogP contribution in [0.25, 0.3) is 0 Å². The van der Waals surface area contributed by atoms with Crippen LogP contribution in [0, 0.1) is 0 Å². The lowest BCUT2D eigenvalue weighted by atomic mass is 10.2.